The number of ether oxygens (including phenoxy) is 2. The number of carbonyl (C=O) groups excluding carboxylic acids is 2. The van der Waals surface area contributed by atoms with Gasteiger partial charge in [-0.2, -0.15) is 0 Å². The van der Waals surface area contributed by atoms with Crippen molar-refractivity contribution in [2.24, 2.45) is 11.8 Å². The fraction of sp³-hybridized carbons (Fsp3) is 0.440. The molecule has 164 valence electrons. The van der Waals surface area contributed by atoms with Crippen molar-refractivity contribution in [1.82, 2.24) is 0 Å². The Labute approximate surface area is 181 Å². The van der Waals surface area contributed by atoms with Crippen molar-refractivity contribution in [2.45, 2.75) is 52.1 Å². The molecule has 4 rings (SSSR count). The van der Waals surface area contributed by atoms with Crippen LogP contribution in [0.1, 0.15) is 46.0 Å². The molecule has 1 heterocycles. The van der Waals surface area contributed by atoms with Gasteiger partial charge >= 0.3 is 5.97 Å². The van der Waals surface area contributed by atoms with Gasteiger partial charge in [0.25, 0.3) is 0 Å². The van der Waals surface area contributed by atoms with Crippen LogP contribution in [0, 0.1) is 11.8 Å². The van der Waals surface area contributed by atoms with Crippen molar-refractivity contribution in [3.8, 4) is 5.75 Å². The number of carbonyl (C=O) groups is 2. The van der Waals surface area contributed by atoms with Crippen LogP contribution in [0.3, 0.4) is 0 Å². The molecule has 1 N–H and O–H groups in total. The minimum atomic E-state index is -0.318. The fourth-order valence-electron chi connectivity index (χ4n) is 4.30. The Morgan fingerprint density at radius 1 is 1.03 bits per heavy atom. The lowest BCUT2D eigenvalue weighted by molar-refractivity contribution is -0.152. The van der Waals surface area contributed by atoms with Gasteiger partial charge in [-0.15, -0.1) is 0 Å². The van der Waals surface area contributed by atoms with Gasteiger partial charge in [-0.05, 0) is 43.2 Å². The number of furan rings is 1. The zero-order chi connectivity index (χ0) is 22.0. The summed E-state index contributed by atoms with van der Waals surface area (Å²) in [6.45, 7) is 4.44. The fourth-order valence-corrected chi connectivity index (χ4v) is 4.30. The van der Waals surface area contributed by atoms with Crippen LogP contribution >= 0.6 is 0 Å². The van der Waals surface area contributed by atoms with E-state index in [1.54, 1.807) is 13.2 Å². The number of hydrogen-bond acceptors (Lipinski definition) is 5. The van der Waals surface area contributed by atoms with Crippen molar-refractivity contribution in [3.05, 3.63) is 36.4 Å². The first-order valence-electron chi connectivity index (χ1n) is 10.9. The highest BCUT2D eigenvalue weighted by Gasteiger charge is 2.27. The average Bonchev–Trinajstić information content (AvgIpc) is 3.11. The number of nitrogens with one attached hydrogen (secondary N) is 1. The molecule has 0 radical (unpaired) electrons. The second-order valence-electron chi connectivity index (χ2n) is 8.57. The molecule has 0 aliphatic heterocycles. The van der Waals surface area contributed by atoms with Crippen molar-refractivity contribution < 1.29 is 23.5 Å². The van der Waals surface area contributed by atoms with Crippen LogP contribution in [0.25, 0.3) is 21.9 Å². The van der Waals surface area contributed by atoms with Crippen LogP contribution in [-0.2, 0) is 14.3 Å². The summed E-state index contributed by atoms with van der Waals surface area (Å²) < 4.78 is 16.9. The van der Waals surface area contributed by atoms with Crippen LogP contribution < -0.4 is 10.1 Å². The van der Waals surface area contributed by atoms with Crippen LogP contribution in [0.2, 0.25) is 0 Å². The molecule has 1 fully saturated rings. The SMILES string of the molecule is COc1cc2c(cc1NC(=O)CCC(=O)OC1CCC(C)C(C)C1)oc1ccccc12. The zero-order valence-electron chi connectivity index (χ0n) is 18.3. The molecule has 0 bridgehead atoms. The highest BCUT2D eigenvalue weighted by atomic mass is 16.5. The Kier molecular flexibility index (Phi) is 6.16. The van der Waals surface area contributed by atoms with Crippen LogP contribution in [0.4, 0.5) is 5.69 Å². The van der Waals surface area contributed by atoms with E-state index in [9.17, 15) is 9.59 Å². The van der Waals surface area contributed by atoms with Gasteiger partial charge in [0, 0.05) is 23.3 Å². The molecule has 1 aromatic heterocycles. The summed E-state index contributed by atoms with van der Waals surface area (Å²) in [6, 6.07) is 11.4. The Balaban J connectivity index is 1.38. The normalized spacial score (nSPS) is 21.2. The number of benzene rings is 2. The molecule has 1 amide bonds. The summed E-state index contributed by atoms with van der Waals surface area (Å²) in [6.07, 6.45) is 2.95. The Bertz CT molecular complexity index is 1100. The second kappa shape index (κ2) is 9.00. The van der Waals surface area contributed by atoms with Crippen LogP contribution in [0.15, 0.2) is 40.8 Å². The maximum absolute atomic E-state index is 12.5. The van der Waals surface area contributed by atoms with Crippen molar-refractivity contribution in [2.75, 3.05) is 12.4 Å². The van der Waals surface area contributed by atoms with E-state index in [1.807, 2.05) is 30.3 Å². The lowest BCUT2D eigenvalue weighted by atomic mass is 9.80. The Hall–Kier alpha value is -3.02. The van der Waals surface area contributed by atoms with Crippen molar-refractivity contribution >= 4 is 39.5 Å². The number of amides is 1. The van der Waals surface area contributed by atoms with Crippen LogP contribution in [0.5, 0.6) is 5.75 Å². The van der Waals surface area contributed by atoms with Gasteiger partial charge in [0.1, 0.15) is 23.0 Å². The molecule has 2 aromatic carbocycles. The van der Waals surface area contributed by atoms with Crippen LogP contribution in [-0.4, -0.2) is 25.1 Å². The molecule has 1 aliphatic rings. The molecule has 6 heteroatoms. The van der Waals surface area contributed by atoms with E-state index in [2.05, 4.69) is 19.2 Å². The molecule has 3 atom stereocenters. The Morgan fingerprint density at radius 2 is 1.84 bits per heavy atom. The van der Waals surface area contributed by atoms with Gasteiger partial charge in [-0.25, -0.2) is 0 Å². The minimum absolute atomic E-state index is 0.0302. The van der Waals surface area contributed by atoms with Gasteiger partial charge in [-0.3, -0.25) is 9.59 Å². The lowest BCUT2D eigenvalue weighted by Crippen LogP contribution is -2.29. The van der Waals surface area contributed by atoms with Gasteiger partial charge in [-0.1, -0.05) is 32.0 Å². The third-order valence-electron chi connectivity index (χ3n) is 6.38. The lowest BCUT2D eigenvalue weighted by Gasteiger charge is -2.31. The van der Waals surface area contributed by atoms with Gasteiger partial charge in [0.15, 0.2) is 0 Å². The van der Waals surface area contributed by atoms with E-state index < -0.39 is 0 Å². The predicted molar refractivity (Wildman–Crippen MR) is 120 cm³/mol. The number of para-hydroxylation sites is 1. The van der Waals surface area contributed by atoms with E-state index in [-0.39, 0.29) is 30.8 Å². The first-order valence-corrected chi connectivity index (χ1v) is 10.9. The average molecular weight is 424 g/mol. The monoisotopic (exact) mass is 423 g/mol. The summed E-state index contributed by atoms with van der Waals surface area (Å²) in [5, 5.41) is 4.75. The number of rotatable bonds is 6. The maximum atomic E-state index is 12.5. The highest BCUT2D eigenvalue weighted by Crippen LogP contribution is 2.36. The molecular weight excluding hydrogens is 394 g/mol. The Morgan fingerprint density at radius 3 is 2.61 bits per heavy atom. The largest absolute Gasteiger partial charge is 0.495 e. The maximum Gasteiger partial charge on any atom is 0.306 e. The molecule has 1 saturated carbocycles. The second-order valence-corrected chi connectivity index (χ2v) is 8.57. The number of methoxy groups -OCH3 is 1. The molecule has 1 aliphatic carbocycles. The van der Waals surface area contributed by atoms with E-state index in [0.717, 1.165) is 35.6 Å². The molecule has 6 nitrogen and oxygen atoms in total. The third kappa shape index (κ3) is 4.68. The molecule has 3 aromatic rings. The summed E-state index contributed by atoms with van der Waals surface area (Å²) in [5.41, 5.74) is 1.96. The smallest absolute Gasteiger partial charge is 0.306 e. The van der Waals surface area contributed by atoms with E-state index in [4.69, 9.17) is 13.9 Å². The first-order chi connectivity index (χ1) is 14.9. The van der Waals surface area contributed by atoms with E-state index in [0.29, 0.717) is 28.9 Å². The number of anilines is 1. The van der Waals surface area contributed by atoms with Gasteiger partial charge in [0.2, 0.25) is 5.91 Å². The topological polar surface area (TPSA) is 77.8 Å². The summed E-state index contributed by atoms with van der Waals surface area (Å²) in [5.74, 6) is 1.17. The van der Waals surface area contributed by atoms with E-state index in [1.165, 1.54) is 0 Å². The summed E-state index contributed by atoms with van der Waals surface area (Å²) in [7, 11) is 1.56. The molecular formula is C25H29NO5. The van der Waals surface area contributed by atoms with Crippen molar-refractivity contribution in [1.29, 1.82) is 0 Å². The predicted octanol–water partition coefficient (Wildman–Crippen LogP) is 5.68. The van der Waals surface area contributed by atoms with Gasteiger partial charge in [0.05, 0.1) is 19.2 Å². The standard InChI is InChI=1S/C25H29NO5/c1-15-8-9-17(12-16(15)2)30-25(28)11-10-24(27)26-20-14-22-19(13-23(20)29-3)18-6-4-5-7-21(18)31-22/h4-7,13-17H,8-12H2,1-3H3,(H,26,27). The summed E-state index contributed by atoms with van der Waals surface area (Å²) >= 11 is 0. The molecule has 0 saturated heterocycles. The summed E-state index contributed by atoms with van der Waals surface area (Å²) in [4.78, 5) is 24.7. The van der Waals surface area contributed by atoms with Gasteiger partial charge < -0.3 is 19.2 Å². The molecule has 3 unspecified atom stereocenters. The number of fused-ring (bicyclic) bond motifs is 3. The van der Waals surface area contributed by atoms with E-state index >= 15 is 0 Å². The van der Waals surface area contributed by atoms with Crippen molar-refractivity contribution in [3.63, 3.8) is 0 Å². The molecule has 31 heavy (non-hydrogen) atoms. The number of esters is 1. The highest BCUT2D eigenvalue weighted by molar-refractivity contribution is 6.07. The zero-order valence-corrected chi connectivity index (χ0v) is 18.3. The molecule has 0 spiro atoms. The number of hydrogen-bond donors (Lipinski definition) is 1. The minimum Gasteiger partial charge on any atom is -0.495 e. The quantitative estimate of drug-likeness (QED) is 0.516. The third-order valence-corrected chi connectivity index (χ3v) is 6.38. The first kappa shape index (κ1) is 21.2.